The first-order valence-electron chi connectivity index (χ1n) is 5.61. The Kier molecular flexibility index (Phi) is 4.55. The van der Waals surface area contributed by atoms with E-state index < -0.39 is 16.0 Å². The topological polar surface area (TPSA) is 83.5 Å². The Hall–Kier alpha value is -1.57. The minimum atomic E-state index is -3.79. The number of halogens is 2. The van der Waals surface area contributed by atoms with Gasteiger partial charge >= 0.3 is 5.97 Å². The lowest BCUT2D eigenvalue weighted by Gasteiger charge is -2.09. The van der Waals surface area contributed by atoms with Crippen LogP contribution >= 0.6 is 27.5 Å². The van der Waals surface area contributed by atoms with Crippen molar-refractivity contribution in [1.29, 1.82) is 0 Å². The molecule has 0 aliphatic carbocycles. The van der Waals surface area contributed by atoms with Crippen molar-refractivity contribution in [2.75, 3.05) is 4.72 Å². The number of hydrogen-bond donors (Lipinski definition) is 2. The third-order valence-electron chi connectivity index (χ3n) is 2.58. The van der Waals surface area contributed by atoms with Gasteiger partial charge in [0.2, 0.25) is 0 Å². The number of sulfonamides is 1. The standard InChI is InChI=1S/C13H9BrClNO4S/c14-11-7-9(3-6-12(11)15)16-21(19,20)10-4-1-8(2-5-10)13(17)18/h1-7,16H,(H,17,18). The zero-order valence-corrected chi connectivity index (χ0v) is 13.5. The summed E-state index contributed by atoms with van der Waals surface area (Å²) in [6, 6.07) is 9.54. The molecule has 2 aromatic carbocycles. The first-order valence-corrected chi connectivity index (χ1v) is 8.26. The van der Waals surface area contributed by atoms with E-state index in [4.69, 9.17) is 16.7 Å². The smallest absolute Gasteiger partial charge is 0.335 e. The summed E-state index contributed by atoms with van der Waals surface area (Å²) in [5.74, 6) is -1.12. The van der Waals surface area contributed by atoms with Crippen LogP contribution in [0.5, 0.6) is 0 Å². The fraction of sp³-hybridized carbons (Fsp3) is 0. The quantitative estimate of drug-likeness (QED) is 0.835. The maximum Gasteiger partial charge on any atom is 0.335 e. The van der Waals surface area contributed by atoms with Crippen molar-refractivity contribution in [3.05, 3.63) is 57.5 Å². The number of benzene rings is 2. The fourth-order valence-corrected chi connectivity index (χ4v) is 3.10. The molecule has 8 heteroatoms. The Labute approximate surface area is 134 Å². The predicted octanol–water partition coefficient (Wildman–Crippen LogP) is 3.60. The van der Waals surface area contributed by atoms with Crippen LogP contribution in [-0.4, -0.2) is 19.5 Å². The molecule has 0 heterocycles. The van der Waals surface area contributed by atoms with E-state index in [1.807, 2.05) is 0 Å². The van der Waals surface area contributed by atoms with Gasteiger partial charge in [0.1, 0.15) is 0 Å². The van der Waals surface area contributed by atoms with Crippen LogP contribution in [0.3, 0.4) is 0 Å². The number of anilines is 1. The maximum absolute atomic E-state index is 12.2. The van der Waals surface area contributed by atoms with Crippen molar-refractivity contribution in [2.24, 2.45) is 0 Å². The molecule has 0 amide bonds. The molecule has 0 unspecified atom stereocenters. The summed E-state index contributed by atoms with van der Waals surface area (Å²) in [5.41, 5.74) is 0.358. The first-order chi connectivity index (χ1) is 9.79. The Morgan fingerprint density at radius 3 is 2.29 bits per heavy atom. The molecule has 0 saturated carbocycles. The lowest BCUT2D eigenvalue weighted by Crippen LogP contribution is -2.13. The molecule has 110 valence electrons. The number of nitrogens with one attached hydrogen (secondary N) is 1. The molecule has 0 spiro atoms. The van der Waals surface area contributed by atoms with Crippen molar-refractivity contribution >= 4 is 49.2 Å². The lowest BCUT2D eigenvalue weighted by molar-refractivity contribution is 0.0697. The molecule has 21 heavy (non-hydrogen) atoms. The van der Waals surface area contributed by atoms with Crippen molar-refractivity contribution in [2.45, 2.75) is 4.90 Å². The minimum absolute atomic E-state index is 0.0168. The third kappa shape index (κ3) is 3.75. The molecule has 0 aromatic heterocycles. The fourth-order valence-electron chi connectivity index (χ4n) is 1.55. The SMILES string of the molecule is O=C(O)c1ccc(S(=O)(=O)Nc2ccc(Cl)c(Br)c2)cc1. The van der Waals surface area contributed by atoms with Crippen molar-refractivity contribution < 1.29 is 18.3 Å². The highest BCUT2D eigenvalue weighted by molar-refractivity contribution is 9.10. The van der Waals surface area contributed by atoms with Crippen LogP contribution in [0.25, 0.3) is 0 Å². The van der Waals surface area contributed by atoms with E-state index in [-0.39, 0.29) is 10.5 Å². The first kappa shape index (κ1) is 15.8. The molecule has 5 nitrogen and oxygen atoms in total. The van der Waals surface area contributed by atoms with E-state index in [1.165, 1.54) is 36.4 Å². The Morgan fingerprint density at radius 1 is 1.14 bits per heavy atom. The minimum Gasteiger partial charge on any atom is -0.478 e. The van der Waals surface area contributed by atoms with Gasteiger partial charge < -0.3 is 5.11 Å². The van der Waals surface area contributed by atoms with Crippen molar-refractivity contribution in [3.63, 3.8) is 0 Å². The molecule has 0 fully saturated rings. The average Bonchev–Trinajstić information content (AvgIpc) is 2.43. The zero-order valence-electron chi connectivity index (χ0n) is 10.4. The molecule has 0 saturated heterocycles. The van der Waals surface area contributed by atoms with Gasteiger partial charge in [0, 0.05) is 4.47 Å². The molecule has 0 aliphatic heterocycles. The number of carbonyl (C=O) groups is 1. The van der Waals surface area contributed by atoms with Crippen molar-refractivity contribution in [1.82, 2.24) is 0 Å². The summed E-state index contributed by atoms with van der Waals surface area (Å²) in [7, 11) is -3.79. The van der Waals surface area contributed by atoms with Gasteiger partial charge in [-0.2, -0.15) is 0 Å². The number of hydrogen-bond acceptors (Lipinski definition) is 3. The van der Waals surface area contributed by atoms with Crippen LogP contribution in [-0.2, 0) is 10.0 Å². The van der Waals surface area contributed by atoms with Gasteiger partial charge in [0.25, 0.3) is 10.0 Å². The maximum atomic E-state index is 12.2. The Morgan fingerprint density at radius 2 is 1.76 bits per heavy atom. The van der Waals surface area contributed by atoms with E-state index in [1.54, 1.807) is 6.07 Å². The second-order valence-electron chi connectivity index (χ2n) is 4.06. The Balaban J connectivity index is 2.29. The third-order valence-corrected chi connectivity index (χ3v) is 5.19. The summed E-state index contributed by atoms with van der Waals surface area (Å²) < 4.78 is 27.3. The van der Waals surface area contributed by atoms with Crippen LogP contribution in [0, 0.1) is 0 Å². The average molecular weight is 391 g/mol. The second-order valence-corrected chi connectivity index (χ2v) is 7.01. The van der Waals surface area contributed by atoms with Crippen LogP contribution in [0.15, 0.2) is 51.8 Å². The Bertz CT molecular complexity index is 790. The molecule has 0 atom stereocenters. The molecule has 2 N–H and O–H groups in total. The molecule has 0 radical (unpaired) electrons. The van der Waals surface area contributed by atoms with Gasteiger partial charge in [-0.1, -0.05) is 11.6 Å². The van der Waals surface area contributed by atoms with E-state index in [2.05, 4.69) is 20.7 Å². The van der Waals surface area contributed by atoms with Crippen LogP contribution < -0.4 is 4.72 Å². The van der Waals surface area contributed by atoms with Gasteiger partial charge in [-0.25, -0.2) is 13.2 Å². The lowest BCUT2D eigenvalue weighted by atomic mass is 10.2. The van der Waals surface area contributed by atoms with E-state index in [0.717, 1.165) is 0 Å². The van der Waals surface area contributed by atoms with E-state index in [9.17, 15) is 13.2 Å². The number of carboxylic acid groups (broad SMARTS) is 1. The number of aromatic carboxylic acids is 1. The normalized spacial score (nSPS) is 11.1. The summed E-state index contributed by atoms with van der Waals surface area (Å²) in [5, 5.41) is 9.25. The van der Waals surface area contributed by atoms with Gasteiger partial charge in [-0.05, 0) is 58.4 Å². The van der Waals surface area contributed by atoms with Crippen LogP contribution in [0.2, 0.25) is 5.02 Å². The molecule has 2 rings (SSSR count). The number of rotatable bonds is 4. The summed E-state index contributed by atoms with van der Waals surface area (Å²) in [4.78, 5) is 10.7. The van der Waals surface area contributed by atoms with Gasteiger partial charge in [-0.15, -0.1) is 0 Å². The summed E-state index contributed by atoms with van der Waals surface area (Å²) in [6.45, 7) is 0. The monoisotopic (exact) mass is 389 g/mol. The zero-order chi connectivity index (χ0) is 15.6. The van der Waals surface area contributed by atoms with E-state index in [0.29, 0.717) is 15.2 Å². The van der Waals surface area contributed by atoms with Crippen molar-refractivity contribution in [3.8, 4) is 0 Å². The summed E-state index contributed by atoms with van der Waals surface area (Å²) in [6.07, 6.45) is 0. The number of carboxylic acids is 1. The molecule has 0 bridgehead atoms. The molecular formula is C13H9BrClNO4S. The molecular weight excluding hydrogens is 382 g/mol. The van der Waals surface area contributed by atoms with Gasteiger partial charge in [-0.3, -0.25) is 4.72 Å². The highest BCUT2D eigenvalue weighted by Gasteiger charge is 2.15. The highest BCUT2D eigenvalue weighted by atomic mass is 79.9. The van der Waals surface area contributed by atoms with E-state index >= 15 is 0 Å². The predicted molar refractivity (Wildman–Crippen MR) is 83.4 cm³/mol. The van der Waals surface area contributed by atoms with Gasteiger partial charge in [0.15, 0.2) is 0 Å². The molecule has 2 aromatic rings. The largest absolute Gasteiger partial charge is 0.478 e. The molecule has 0 aliphatic rings. The summed E-state index contributed by atoms with van der Waals surface area (Å²) >= 11 is 9.04. The highest BCUT2D eigenvalue weighted by Crippen LogP contribution is 2.27. The van der Waals surface area contributed by atoms with Crippen LogP contribution in [0.4, 0.5) is 5.69 Å². The van der Waals surface area contributed by atoms with Crippen LogP contribution in [0.1, 0.15) is 10.4 Å². The second kappa shape index (κ2) is 6.05. The van der Waals surface area contributed by atoms with Gasteiger partial charge in [0.05, 0.1) is 21.2 Å².